The van der Waals surface area contributed by atoms with Crippen LogP contribution in [0.25, 0.3) is 0 Å². The number of ketones is 1. The number of nitrogens with zero attached hydrogens (tertiary/aromatic N) is 1. The standard InChI is InChI=1S/C13H18N2O3/c16-10-1-2-11(13(18)9-10)12(17)3-6-15-7-4-14-5-8-15/h1-2,9,14,16,18H,3-8H2. The highest BCUT2D eigenvalue weighted by Crippen LogP contribution is 2.23. The molecule has 0 spiro atoms. The smallest absolute Gasteiger partial charge is 0.167 e. The Balaban J connectivity index is 1.90. The number of nitrogens with one attached hydrogen (secondary N) is 1. The van der Waals surface area contributed by atoms with Crippen LogP contribution in [0.3, 0.4) is 0 Å². The maximum atomic E-state index is 11.9. The van der Waals surface area contributed by atoms with E-state index in [1.165, 1.54) is 18.2 Å². The molecule has 0 radical (unpaired) electrons. The van der Waals surface area contributed by atoms with E-state index >= 15 is 0 Å². The van der Waals surface area contributed by atoms with Gasteiger partial charge < -0.3 is 20.4 Å². The SMILES string of the molecule is O=C(CCN1CCNCC1)c1ccc(O)cc1O. The van der Waals surface area contributed by atoms with Crippen LogP contribution in [0.1, 0.15) is 16.8 Å². The largest absolute Gasteiger partial charge is 0.508 e. The number of Topliss-reactive ketones (excluding diaryl/α,β-unsaturated/α-hetero) is 1. The van der Waals surface area contributed by atoms with Gasteiger partial charge in [-0.05, 0) is 12.1 Å². The summed E-state index contributed by atoms with van der Waals surface area (Å²) in [4.78, 5) is 14.2. The molecule has 0 saturated carbocycles. The van der Waals surface area contributed by atoms with E-state index in [1.54, 1.807) is 0 Å². The van der Waals surface area contributed by atoms with Crippen LogP contribution in [0.2, 0.25) is 0 Å². The predicted molar refractivity (Wildman–Crippen MR) is 68.0 cm³/mol. The van der Waals surface area contributed by atoms with Crippen molar-refractivity contribution >= 4 is 5.78 Å². The molecule has 0 aromatic heterocycles. The van der Waals surface area contributed by atoms with Gasteiger partial charge in [-0.3, -0.25) is 4.79 Å². The Kier molecular flexibility index (Phi) is 4.17. The van der Waals surface area contributed by atoms with Gasteiger partial charge in [-0.15, -0.1) is 0 Å². The summed E-state index contributed by atoms with van der Waals surface area (Å²) in [6.45, 7) is 4.53. The highest BCUT2D eigenvalue weighted by Gasteiger charge is 2.15. The van der Waals surface area contributed by atoms with E-state index < -0.39 is 0 Å². The summed E-state index contributed by atoms with van der Waals surface area (Å²) in [5, 5.41) is 22.0. The lowest BCUT2D eigenvalue weighted by Gasteiger charge is -2.26. The fraction of sp³-hybridized carbons (Fsp3) is 0.462. The fourth-order valence-electron chi connectivity index (χ4n) is 2.08. The molecule has 1 saturated heterocycles. The lowest BCUT2D eigenvalue weighted by atomic mass is 10.1. The molecule has 1 aromatic carbocycles. The third kappa shape index (κ3) is 3.21. The third-order valence-corrected chi connectivity index (χ3v) is 3.15. The lowest BCUT2D eigenvalue weighted by Crippen LogP contribution is -2.44. The van der Waals surface area contributed by atoms with Gasteiger partial charge in [-0.1, -0.05) is 0 Å². The van der Waals surface area contributed by atoms with E-state index in [0.717, 1.165) is 26.2 Å². The zero-order chi connectivity index (χ0) is 13.0. The first kappa shape index (κ1) is 12.9. The van der Waals surface area contributed by atoms with Crippen LogP contribution in [-0.4, -0.2) is 53.6 Å². The number of benzene rings is 1. The highest BCUT2D eigenvalue weighted by molar-refractivity contribution is 5.98. The Hall–Kier alpha value is -1.59. The average Bonchev–Trinajstić information content (AvgIpc) is 2.37. The molecule has 5 heteroatoms. The van der Waals surface area contributed by atoms with Gasteiger partial charge in [0.1, 0.15) is 11.5 Å². The second-order valence-corrected chi connectivity index (χ2v) is 4.47. The number of piperazine rings is 1. The van der Waals surface area contributed by atoms with Crippen molar-refractivity contribution < 1.29 is 15.0 Å². The quantitative estimate of drug-likeness (QED) is 0.682. The maximum Gasteiger partial charge on any atom is 0.167 e. The zero-order valence-corrected chi connectivity index (χ0v) is 10.2. The molecule has 1 heterocycles. The van der Waals surface area contributed by atoms with Crippen molar-refractivity contribution in [2.45, 2.75) is 6.42 Å². The van der Waals surface area contributed by atoms with Crippen LogP contribution in [0.4, 0.5) is 0 Å². The Morgan fingerprint density at radius 3 is 2.67 bits per heavy atom. The van der Waals surface area contributed by atoms with Crippen molar-refractivity contribution in [3.63, 3.8) is 0 Å². The van der Waals surface area contributed by atoms with Crippen molar-refractivity contribution in [1.29, 1.82) is 0 Å². The molecular weight excluding hydrogens is 232 g/mol. The Morgan fingerprint density at radius 2 is 2.00 bits per heavy atom. The van der Waals surface area contributed by atoms with Gasteiger partial charge in [0.05, 0.1) is 5.56 Å². The maximum absolute atomic E-state index is 11.9. The molecule has 5 nitrogen and oxygen atoms in total. The molecule has 0 bridgehead atoms. The van der Waals surface area contributed by atoms with Crippen molar-refractivity contribution in [1.82, 2.24) is 10.2 Å². The molecule has 2 rings (SSSR count). The first-order chi connectivity index (χ1) is 8.66. The molecule has 0 atom stereocenters. The second kappa shape index (κ2) is 5.84. The summed E-state index contributed by atoms with van der Waals surface area (Å²) < 4.78 is 0. The number of phenols is 2. The van der Waals surface area contributed by atoms with E-state index in [2.05, 4.69) is 10.2 Å². The minimum atomic E-state index is -0.152. The highest BCUT2D eigenvalue weighted by atomic mass is 16.3. The molecule has 1 aromatic rings. The molecule has 3 N–H and O–H groups in total. The van der Waals surface area contributed by atoms with Crippen molar-refractivity contribution in [3.8, 4) is 11.5 Å². The lowest BCUT2D eigenvalue weighted by molar-refractivity contribution is 0.0958. The van der Waals surface area contributed by atoms with Crippen LogP contribution in [-0.2, 0) is 0 Å². The molecule has 1 aliphatic heterocycles. The van der Waals surface area contributed by atoms with Crippen molar-refractivity contribution in [2.24, 2.45) is 0 Å². The number of phenolic OH excluding ortho intramolecular Hbond substituents is 2. The van der Waals surface area contributed by atoms with Crippen LogP contribution >= 0.6 is 0 Å². The number of carbonyl (C=O) groups excluding carboxylic acids is 1. The van der Waals surface area contributed by atoms with Gasteiger partial charge in [0.2, 0.25) is 0 Å². The second-order valence-electron chi connectivity index (χ2n) is 4.47. The Morgan fingerprint density at radius 1 is 1.28 bits per heavy atom. The minimum absolute atomic E-state index is 0.0360. The zero-order valence-electron chi connectivity index (χ0n) is 10.2. The van der Waals surface area contributed by atoms with Gasteiger partial charge in [0.15, 0.2) is 5.78 Å². The molecule has 98 valence electrons. The van der Waals surface area contributed by atoms with Crippen molar-refractivity contribution in [3.05, 3.63) is 23.8 Å². The summed E-state index contributed by atoms with van der Waals surface area (Å²) in [5.74, 6) is -0.280. The van der Waals surface area contributed by atoms with Gasteiger partial charge >= 0.3 is 0 Å². The van der Waals surface area contributed by atoms with E-state index in [4.69, 9.17) is 5.11 Å². The number of aromatic hydroxyl groups is 2. The Bertz CT molecular complexity index is 428. The summed E-state index contributed by atoms with van der Waals surface area (Å²) in [5.41, 5.74) is 0.280. The van der Waals surface area contributed by atoms with E-state index in [9.17, 15) is 9.90 Å². The monoisotopic (exact) mass is 250 g/mol. The molecule has 1 aliphatic rings. The topological polar surface area (TPSA) is 72.8 Å². The van der Waals surface area contributed by atoms with E-state index in [0.29, 0.717) is 13.0 Å². The molecule has 18 heavy (non-hydrogen) atoms. The Labute approximate surface area is 106 Å². The third-order valence-electron chi connectivity index (χ3n) is 3.15. The number of rotatable bonds is 4. The predicted octanol–water partition coefficient (Wildman–Crippen LogP) is 0.576. The summed E-state index contributed by atoms with van der Waals surface area (Å²) in [6.07, 6.45) is 0.387. The molecule has 0 aliphatic carbocycles. The average molecular weight is 250 g/mol. The molecule has 0 unspecified atom stereocenters. The summed E-state index contributed by atoms with van der Waals surface area (Å²) in [6, 6.07) is 4.07. The van der Waals surface area contributed by atoms with Crippen LogP contribution in [0, 0.1) is 0 Å². The number of hydrogen-bond acceptors (Lipinski definition) is 5. The van der Waals surface area contributed by atoms with Crippen LogP contribution in [0.5, 0.6) is 11.5 Å². The van der Waals surface area contributed by atoms with Gasteiger partial charge in [-0.2, -0.15) is 0 Å². The number of carbonyl (C=O) groups is 1. The van der Waals surface area contributed by atoms with E-state index in [1.807, 2.05) is 0 Å². The van der Waals surface area contributed by atoms with Gasteiger partial charge in [0, 0.05) is 45.2 Å². The summed E-state index contributed by atoms with van der Waals surface area (Å²) >= 11 is 0. The minimum Gasteiger partial charge on any atom is -0.508 e. The van der Waals surface area contributed by atoms with E-state index in [-0.39, 0.29) is 22.8 Å². The molecule has 0 amide bonds. The first-order valence-electron chi connectivity index (χ1n) is 6.15. The fourth-order valence-corrected chi connectivity index (χ4v) is 2.08. The summed E-state index contributed by atoms with van der Waals surface area (Å²) in [7, 11) is 0. The van der Waals surface area contributed by atoms with Crippen LogP contribution in [0.15, 0.2) is 18.2 Å². The van der Waals surface area contributed by atoms with Crippen molar-refractivity contribution in [2.75, 3.05) is 32.7 Å². The van der Waals surface area contributed by atoms with Gasteiger partial charge in [0.25, 0.3) is 0 Å². The molecular formula is C13H18N2O3. The first-order valence-corrected chi connectivity index (χ1v) is 6.15. The van der Waals surface area contributed by atoms with Crippen LogP contribution < -0.4 is 5.32 Å². The number of hydrogen-bond donors (Lipinski definition) is 3. The van der Waals surface area contributed by atoms with Gasteiger partial charge in [-0.25, -0.2) is 0 Å². The normalized spacial score (nSPS) is 16.7. The molecule has 1 fully saturated rings.